The summed E-state index contributed by atoms with van der Waals surface area (Å²) in [7, 11) is 0. The third-order valence-electron chi connectivity index (χ3n) is 5.36. The van der Waals surface area contributed by atoms with E-state index in [0.29, 0.717) is 17.9 Å². The van der Waals surface area contributed by atoms with E-state index in [1.54, 1.807) is 54.8 Å². The number of ether oxygens (including phenoxy) is 2. The van der Waals surface area contributed by atoms with Crippen LogP contribution in [-0.2, 0) is 25.7 Å². The van der Waals surface area contributed by atoms with Gasteiger partial charge in [-0.2, -0.15) is 5.26 Å². The molecule has 0 saturated heterocycles. The van der Waals surface area contributed by atoms with Gasteiger partial charge in [0, 0.05) is 12.2 Å². The number of halogens is 1. The highest BCUT2D eigenvalue weighted by Gasteiger charge is 2.20. The average molecular weight is 493 g/mol. The van der Waals surface area contributed by atoms with Crippen LogP contribution in [0.3, 0.4) is 0 Å². The van der Waals surface area contributed by atoms with Crippen LogP contribution in [0.4, 0.5) is 10.2 Å². The number of carbonyl (C=O) groups excluding carboxylic acids is 3. The van der Waals surface area contributed by atoms with E-state index in [9.17, 15) is 24.0 Å². The van der Waals surface area contributed by atoms with Crippen molar-refractivity contribution in [2.75, 3.05) is 25.1 Å². The molecule has 0 aliphatic rings. The Bertz CT molecular complexity index is 1280. The first-order chi connectivity index (χ1) is 17.3. The number of rotatable bonds is 10. The lowest BCUT2D eigenvalue weighted by atomic mass is 10.2. The Labute approximate surface area is 207 Å². The molecule has 0 radical (unpaired) electrons. The highest BCUT2D eigenvalue weighted by Crippen LogP contribution is 2.27. The van der Waals surface area contributed by atoms with E-state index in [1.807, 2.05) is 6.07 Å². The molecular formula is C26H25FN4O5. The molecule has 1 heterocycles. The standard InChI is InChI=1S/C26H25FN4O5/c1-17-18(2)31(14-19-8-10-20(27)11-9-19)26(22(17)12-28)30-24(33)16-36-25(34)13-29-23(32)15-35-21-6-4-3-5-7-21/h3-11H,13-16H2,1-2H3,(H,29,32)(H,30,33). The minimum Gasteiger partial charge on any atom is -0.484 e. The number of nitrogens with zero attached hydrogens (tertiary/aromatic N) is 2. The Morgan fingerprint density at radius 2 is 1.69 bits per heavy atom. The molecule has 0 fully saturated rings. The first kappa shape index (κ1) is 26.0. The molecule has 3 rings (SSSR count). The third kappa shape index (κ3) is 6.93. The van der Waals surface area contributed by atoms with E-state index >= 15 is 0 Å². The fourth-order valence-corrected chi connectivity index (χ4v) is 3.35. The summed E-state index contributed by atoms with van der Waals surface area (Å²) in [5.74, 6) is -1.60. The van der Waals surface area contributed by atoms with Crippen LogP contribution in [-0.4, -0.2) is 42.1 Å². The fourth-order valence-electron chi connectivity index (χ4n) is 3.35. The summed E-state index contributed by atoms with van der Waals surface area (Å²) in [6.07, 6.45) is 0. The van der Waals surface area contributed by atoms with E-state index in [1.165, 1.54) is 12.1 Å². The maximum atomic E-state index is 13.3. The maximum absolute atomic E-state index is 13.3. The smallest absolute Gasteiger partial charge is 0.325 e. The zero-order valence-electron chi connectivity index (χ0n) is 19.8. The summed E-state index contributed by atoms with van der Waals surface area (Å²) in [6.45, 7) is 2.53. The van der Waals surface area contributed by atoms with Gasteiger partial charge in [0.15, 0.2) is 13.2 Å². The number of benzene rings is 2. The summed E-state index contributed by atoms with van der Waals surface area (Å²) in [6, 6.07) is 16.7. The predicted octanol–water partition coefficient (Wildman–Crippen LogP) is 2.84. The van der Waals surface area contributed by atoms with E-state index in [0.717, 1.165) is 11.3 Å². The number of nitrogens with one attached hydrogen (secondary N) is 2. The second-order valence-electron chi connectivity index (χ2n) is 7.85. The van der Waals surface area contributed by atoms with Crippen LogP contribution in [0.2, 0.25) is 0 Å². The van der Waals surface area contributed by atoms with Crippen molar-refractivity contribution in [2.45, 2.75) is 20.4 Å². The van der Waals surface area contributed by atoms with Gasteiger partial charge < -0.3 is 24.7 Å². The van der Waals surface area contributed by atoms with Crippen LogP contribution in [0.15, 0.2) is 54.6 Å². The van der Waals surface area contributed by atoms with Gasteiger partial charge in [-0.3, -0.25) is 14.4 Å². The van der Waals surface area contributed by atoms with Gasteiger partial charge in [0.25, 0.3) is 11.8 Å². The number of hydrogen-bond donors (Lipinski definition) is 2. The van der Waals surface area contributed by atoms with Crippen molar-refractivity contribution in [2.24, 2.45) is 0 Å². The molecule has 1 aromatic heterocycles. The summed E-state index contributed by atoms with van der Waals surface area (Å²) >= 11 is 0. The number of anilines is 1. The van der Waals surface area contributed by atoms with Crippen molar-refractivity contribution in [3.63, 3.8) is 0 Å². The number of para-hydroxylation sites is 1. The molecule has 10 heteroatoms. The number of carbonyl (C=O) groups is 3. The van der Waals surface area contributed by atoms with Crippen molar-refractivity contribution in [3.05, 3.63) is 82.8 Å². The molecule has 2 N–H and O–H groups in total. The molecule has 2 amide bonds. The van der Waals surface area contributed by atoms with E-state index in [2.05, 4.69) is 16.7 Å². The molecule has 0 aliphatic heterocycles. The molecule has 2 aromatic carbocycles. The van der Waals surface area contributed by atoms with Gasteiger partial charge in [0.05, 0.1) is 5.56 Å². The Kier molecular flexibility index (Phi) is 8.78. The zero-order chi connectivity index (χ0) is 26.1. The van der Waals surface area contributed by atoms with Crippen molar-refractivity contribution in [1.82, 2.24) is 9.88 Å². The van der Waals surface area contributed by atoms with Gasteiger partial charge in [-0.1, -0.05) is 30.3 Å². The summed E-state index contributed by atoms with van der Waals surface area (Å²) in [5, 5.41) is 14.6. The summed E-state index contributed by atoms with van der Waals surface area (Å²) < 4.78 is 25.2. The van der Waals surface area contributed by atoms with Crippen LogP contribution in [0.25, 0.3) is 0 Å². The molecule has 0 unspecified atom stereocenters. The highest BCUT2D eigenvalue weighted by atomic mass is 19.1. The largest absolute Gasteiger partial charge is 0.484 e. The van der Waals surface area contributed by atoms with Gasteiger partial charge in [-0.05, 0) is 49.2 Å². The molecule has 186 valence electrons. The molecule has 0 atom stereocenters. The van der Waals surface area contributed by atoms with Crippen LogP contribution >= 0.6 is 0 Å². The minimum absolute atomic E-state index is 0.254. The fraction of sp³-hybridized carbons (Fsp3) is 0.231. The Morgan fingerprint density at radius 1 is 1.00 bits per heavy atom. The maximum Gasteiger partial charge on any atom is 0.325 e. The van der Waals surface area contributed by atoms with E-state index in [-0.39, 0.29) is 23.8 Å². The van der Waals surface area contributed by atoms with Gasteiger partial charge in [-0.25, -0.2) is 4.39 Å². The lowest BCUT2D eigenvalue weighted by Gasteiger charge is -2.13. The van der Waals surface area contributed by atoms with Gasteiger partial charge in [0.1, 0.15) is 30.0 Å². The van der Waals surface area contributed by atoms with Gasteiger partial charge in [-0.15, -0.1) is 0 Å². The normalized spacial score (nSPS) is 10.3. The van der Waals surface area contributed by atoms with Crippen LogP contribution in [0.1, 0.15) is 22.4 Å². The zero-order valence-corrected chi connectivity index (χ0v) is 19.8. The molecular weight excluding hydrogens is 467 g/mol. The Morgan fingerprint density at radius 3 is 2.36 bits per heavy atom. The van der Waals surface area contributed by atoms with Crippen molar-refractivity contribution >= 4 is 23.6 Å². The van der Waals surface area contributed by atoms with Crippen LogP contribution < -0.4 is 15.4 Å². The number of hydrogen-bond acceptors (Lipinski definition) is 6. The van der Waals surface area contributed by atoms with E-state index < -0.39 is 30.9 Å². The molecule has 0 aliphatic carbocycles. The number of esters is 1. The first-order valence-electron chi connectivity index (χ1n) is 11.0. The monoisotopic (exact) mass is 492 g/mol. The minimum atomic E-state index is -0.812. The number of aromatic nitrogens is 1. The third-order valence-corrected chi connectivity index (χ3v) is 5.36. The van der Waals surface area contributed by atoms with Crippen molar-refractivity contribution < 1.29 is 28.2 Å². The lowest BCUT2D eigenvalue weighted by Crippen LogP contribution is -2.35. The second-order valence-corrected chi connectivity index (χ2v) is 7.85. The highest BCUT2D eigenvalue weighted by molar-refractivity contribution is 5.94. The Hall–Kier alpha value is -4.65. The lowest BCUT2D eigenvalue weighted by molar-refractivity contribution is -0.147. The average Bonchev–Trinajstić information content (AvgIpc) is 3.10. The second kappa shape index (κ2) is 12.2. The van der Waals surface area contributed by atoms with Crippen LogP contribution in [0.5, 0.6) is 5.75 Å². The number of amides is 2. The molecule has 9 nitrogen and oxygen atoms in total. The number of nitriles is 1. The molecule has 0 bridgehead atoms. The SMILES string of the molecule is Cc1c(C#N)c(NC(=O)COC(=O)CNC(=O)COc2ccccc2)n(Cc2ccc(F)cc2)c1C. The first-order valence-corrected chi connectivity index (χ1v) is 11.0. The van der Waals surface area contributed by atoms with Crippen molar-refractivity contribution in [3.8, 4) is 11.8 Å². The Balaban J connectivity index is 1.53. The summed E-state index contributed by atoms with van der Waals surface area (Å²) in [4.78, 5) is 36.3. The molecule has 3 aromatic rings. The quantitative estimate of drug-likeness (QED) is 0.420. The summed E-state index contributed by atoms with van der Waals surface area (Å²) in [5.41, 5.74) is 2.49. The van der Waals surface area contributed by atoms with E-state index in [4.69, 9.17) is 9.47 Å². The van der Waals surface area contributed by atoms with Gasteiger partial charge >= 0.3 is 5.97 Å². The van der Waals surface area contributed by atoms with Crippen LogP contribution in [0, 0.1) is 31.0 Å². The van der Waals surface area contributed by atoms with Crippen molar-refractivity contribution in [1.29, 1.82) is 5.26 Å². The van der Waals surface area contributed by atoms with Gasteiger partial charge in [0.2, 0.25) is 0 Å². The molecule has 0 saturated carbocycles. The predicted molar refractivity (Wildman–Crippen MR) is 129 cm³/mol. The molecule has 0 spiro atoms. The molecule has 36 heavy (non-hydrogen) atoms. The topological polar surface area (TPSA) is 122 Å².